The highest BCUT2D eigenvalue weighted by Crippen LogP contribution is 2.41. The van der Waals surface area contributed by atoms with Gasteiger partial charge >= 0.3 is 6.09 Å². The van der Waals surface area contributed by atoms with Crippen LogP contribution in [0.25, 0.3) is 0 Å². The number of allylic oxidation sites excluding steroid dienone is 1. The average molecular weight is 223 g/mol. The molecule has 3 nitrogen and oxygen atoms in total. The topological polar surface area (TPSA) is 29.5 Å². The van der Waals surface area contributed by atoms with E-state index in [2.05, 4.69) is 12.2 Å². The van der Waals surface area contributed by atoms with Gasteiger partial charge in [-0.2, -0.15) is 0 Å². The summed E-state index contributed by atoms with van der Waals surface area (Å²) in [6.07, 6.45) is 7.70. The molecule has 2 aliphatic rings. The predicted octanol–water partition coefficient (Wildman–Crippen LogP) is 2.96. The van der Waals surface area contributed by atoms with Crippen molar-refractivity contribution < 1.29 is 9.53 Å². The molecule has 1 amide bonds. The maximum atomic E-state index is 11.9. The van der Waals surface area contributed by atoms with E-state index in [0.29, 0.717) is 0 Å². The van der Waals surface area contributed by atoms with Crippen molar-refractivity contribution in [3.05, 3.63) is 12.2 Å². The van der Waals surface area contributed by atoms with Crippen LogP contribution in [0.2, 0.25) is 0 Å². The molecular weight excluding hydrogens is 202 g/mol. The fraction of sp³-hybridized carbons (Fsp3) is 0.769. The van der Waals surface area contributed by atoms with Gasteiger partial charge in [0.05, 0.1) is 0 Å². The molecule has 0 bridgehead atoms. The molecule has 1 aliphatic carbocycles. The molecule has 0 saturated carbocycles. The fourth-order valence-corrected chi connectivity index (χ4v) is 2.40. The number of carbonyl (C=O) groups is 1. The van der Waals surface area contributed by atoms with Crippen LogP contribution in [-0.2, 0) is 4.74 Å². The lowest BCUT2D eigenvalue weighted by Crippen LogP contribution is -2.48. The molecule has 1 spiro atoms. The van der Waals surface area contributed by atoms with Gasteiger partial charge < -0.3 is 9.64 Å². The second-order valence-corrected chi connectivity index (χ2v) is 5.97. The first-order chi connectivity index (χ1) is 7.40. The standard InChI is InChI=1S/C13H21NO2/c1-12(2,3)16-11(15)14-9-5-8-13(10-14)6-4-7-13/h4,6H,5,7-10H2,1-3H3. The number of ether oxygens (including phenoxy) is 1. The molecule has 16 heavy (non-hydrogen) atoms. The molecule has 1 saturated heterocycles. The highest BCUT2D eigenvalue weighted by atomic mass is 16.6. The zero-order valence-corrected chi connectivity index (χ0v) is 10.5. The Bertz CT molecular complexity index is 316. The van der Waals surface area contributed by atoms with Gasteiger partial charge in [-0.15, -0.1) is 0 Å². The van der Waals surface area contributed by atoms with E-state index in [9.17, 15) is 4.79 Å². The maximum Gasteiger partial charge on any atom is 0.410 e. The summed E-state index contributed by atoms with van der Waals surface area (Å²) in [5, 5.41) is 0. The molecule has 1 unspecified atom stereocenters. The van der Waals surface area contributed by atoms with Gasteiger partial charge in [0.2, 0.25) is 0 Å². The highest BCUT2D eigenvalue weighted by molar-refractivity contribution is 5.68. The molecular formula is C13H21NO2. The first kappa shape index (κ1) is 11.5. The number of hydrogen-bond acceptors (Lipinski definition) is 2. The Kier molecular flexibility index (Phi) is 2.72. The summed E-state index contributed by atoms with van der Waals surface area (Å²) in [5.41, 5.74) is -0.119. The molecule has 1 atom stereocenters. The molecule has 0 aromatic carbocycles. The lowest BCUT2D eigenvalue weighted by Gasteiger charge is -2.44. The Balaban J connectivity index is 1.94. The average Bonchev–Trinajstić information content (AvgIpc) is 2.13. The van der Waals surface area contributed by atoms with Gasteiger partial charge in [0, 0.05) is 18.5 Å². The van der Waals surface area contributed by atoms with Crippen molar-refractivity contribution in [2.75, 3.05) is 13.1 Å². The van der Waals surface area contributed by atoms with Crippen molar-refractivity contribution in [1.29, 1.82) is 0 Å². The zero-order valence-electron chi connectivity index (χ0n) is 10.5. The second-order valence-electron chi connectivity index (χ2n) is 5.97. The van der Waals surface area contributed by atoms with Gasteiger partial charge in [0.15, 0.2) is 0 Å². The smallest absolute Gasteiger partial charge is 0.410 e. The van der Waals surface area contributed by atoms with Crippen molar-refractivity contribution in [3.8, 4) is 0 Å². The van der Waals surface area contributed by atoms with Crippen LogP contribution < -0.4 is 0 Å². The normalized spacial score (nSPS) is 29.1. The predicted molar refractivity (Wildman–Crippen MR) is 63.2 cm³/mol. The van der Waals surface area contributed by atoms with E-state index >= 15 is 0 Å². The lowest BCUT2D eigenvalue weighted by molar-refractivity contribution is 0.00885. The number of nitrogens with zero attached hydrogens (tertiary/aromatic N) is 1. The summed E-state index contributed by atoms with van der Waals surface area (Å²) >= 11 is 0. The molecule has 3 heteroatoms. The summed E-state index contributed by atoms with van der Waals surface area (Å²) in [4.78, 5) is 13.8. The Morgan fingerprint density at radius 2 is 2.12 bits per heavy atom. The Morgan fingerprint density at radius 3 is 2.62 bits per heavy atom. The maximum absolute atomic E-state index is 11.9. The minimum absolute atomic E-state index is 0.160. The van der Waals surface area contributed by atoms with Gasteiger partial charge in [-0.05, 0) is 40.0 Å². The SMILES string of the molecule is CC(C)(C)OC(=O)N1CCCC2(C=CC2)C1. The van der Waals surface area contributed by atoms with Gasteiger partial charge in [-0.3, -0.25) is 0 Å². The van der Waals surface area contributed by atoms with Crippen LogP contribution in [0.3, 0.4) is 0 Å². The van der Waals surface area contributed by atoms with Crippen molar-refractivity contribution in [2.45, 2.75) is 45.6 Å². The highest BCUT2D eigenvalue weighted by Gasteiger charge is 2.38. The minimum atomic E-state index is -0.392. The first-order valence-corrected chi connectivity index (χ1v) is 6.06. The van der Waals surface area contributed by atoms with Crippen molar-refractivity contribution in [1.82, 2.24) is 4.90 Å². The number of rotatable bonds is 0. The summed E-state index contributed by atoms with van der Waals surface area (Å²) in [6.45, 7) is 7.40. The number of amides is 1. The molecule has 1 fully saturated rings. The summed E-state index contributed by atoms with van der Waals surface area (Å²) in [6, 6.07) is 0. The van der Waals surface area contributed by atoms with Crippen LogP contribution in [0.15, 0.2) is 12.2 Å². The van der Waals surface area contributed by atoms with Crippen molar-refractivity contribution in [2.24, 2.45) is 5.41 Å². The van der Waals surface area contributed by atoms with E-state index in [4.69, 9.17) is 4.74 Å². The van der Waals surface area contributed by atoms with E-state index < -0.39 is 5.60 Å². The van der Waals surface area contributed by atoms with Crippen molar-refractivity contribution >= 4 is 6.09 Å². The monoisotopic (exact) mass is 223 g/mol. The Morgan fingerprint density at radius 1 is 1.44 bits per heavy atom. The van der Waals surface area contributed by atoms with Gasteiger partial charge in [-0.1, -0.05) is 12.2 Å². The number of likely N-dealkylation sites (tertiary alicyclic amines) is 1. The summed E-state index contributed by atoms with van der Waals surface area (Å²) in [7, 11) is 0. The third-order valence-electron chi connectivity index (χ3n) is 3.26. The quantitative estimate of drug-likeness (QED) is 0.591. The van der Waals surface area contributed by atoms with Crippen LogP contribution >= 0.6 is 0 Å². The van der Waals surface area contributed by atoms with Crippen LogP contribution in [0.4, 0.5) is 4.79 Å². The van der Waals surface area contributed by atoms with Crippen LogP contribution in [0, 0.1) is 5.41 Å². The molecule has 0 radical (unpaired) electrons. The van der Waals surface area contributed by atoms with Gasteiger partial charge in [0.1, 0.15) is 5.60 Å². The largest absolute Gasteiger partial charge is 0.444 e. The fourth-order valence-electron chi connectivity index (χ4n) is 2.40. The number of carbonyl (C=O) groups excluding carboxylic acids is 1. The Hall–Kier alpha value is -0.990. The van der Waals surface area contributed by atoms with E-state index in [1.54, 1.807) is 0 Å². The third-order valence-corrected chi connectivity index (χ3v) is 3.26. The molecule has 1 heterocycles. The van der Waals surface area contributed by atoms with Crippen LogP contribution in [0.5, 0.6) is 0 Å². The molecule has 2 rings (SSSR count). The first-order valence-electron chi connectivity index (χ1n) is 6.06. The van der Waals surface area contributed by atoms with Gasteiger partial charge in [0.25, 0.3) is 0 Å². The molecule has 1 aliphatic heterocycles. The number of piperidine rings is 1. The molecule has 90 valence electrons. The van der Waals surface area contributed by atoms with E-state index in [1.165, 1.54) is 6.42 Å². The summed E-state index contributed by atoms with van der Waals surface area (Å²) < 4.78 is 5.40. The van der Waals surface area contributed by atoms with Crippen LogP contribution in [0.1, 0.15) is 40.0 Å². The number of hydrogen-bond donors (Lipinski definition) is 0. The molecule has 0 N–H and O–H groups in total. The lowest BCUT2D eigenvalue weighted by atomic mass is 9.71. The van der Waals surface area contributed by atoms with E-state index in [0.717, 1.165) is 25.9 Å². The zero-order chi connectivity index (χ0) is 11.8. The molecule has 0 aromatic heterocycles. The Labute approximate surface area is 97.5 Å². The second kappa shape index (κ2) is 3.79. The van der Waals surface area contributed by atoms with E-state index in [-0.39, 0.29) is 11.5 Å². The van der Waals surface area contributed by atoms with E-state index in [1.807, 2.05) is 25.7 Å². The third kappa shape index (κ3) is 2.39. The minimum Gasteiger partial charge on any atom is -0.444 e. The van der Waals surface area contributed by atoms with Crippen molar-refractivity contribution in [3.63, 3.8) is 0 Å². The van der Waals surface area contributed by atoms with Crippen LogP contribution in [-0.4, -0.2) is 29.7 Å². The summed E-state index contributed by atoms with van der Waals surface area (Å²) in [5.74, 6) is 0. The van der Waals surface area contributed by atoms with Gasteiger partial charge in [-0.25, -0.2) is 4.79 Å². The molecule has 0 aromatic rings.